The largest absolute Gasteiger partial charge is 0.390 e. The predicted molar refractivity (Wildman–Crippen MR) is 66.4 cm³/mol. The first-order valence-electron chi connectivity index (χ1n) is 6.11. The molecule has 1 fully saturated rings. The minimum absolute atomic E-state index is 0.0405. The summed E-state index contributed by atoms with van der Waals surface area (Å²) in [6.07, 6.45) is -4.82. The number of alkyl halides is 3. The van der Waals surface area contributed by atoms with Gasteiger partial charge in [-0.15, -0.1) is 0 Å². The Kier molecular flexibility index (Phi) is 3.64. The lowest BCUT2D eigenvalue weighted by Gasteiger charge is -2.37. The Balaban J connectivity index is 2.56. The van der Waals surface area contributed by atoms with Gasteiger partial charge in [0, 0.05) is 0 Å². The second-order valence-electron chi connectivity index (χ2n) is 4.93. The summed E-state index contributed by atoms with van der Waals surface area (Å²) < 4.78 is 61.3. The van der Waals surface area contributed by atoms with Crippen molar-refractivity contribution < 1.29 is 21.6 Å². The molecule has 1 heterocycles. The molecule has 1 aromatic carbocycles. The summed E-state index contributed by atoms with van der Waals surface area (Å²) in [5, 5.41) is 0. The Bertz CT molecular complexity index is 537. The van der Waals surface area contributed by atoms with E-state index < -0.39 is 27.2 Å². The van der Waals surface area contributed by atoms with E-state index in [4.69, 9.17) is 0 Å². The molecule has 1 atom stereocenters. The monoisotopic (exact) mass is 292 g/mol. The topological polar surface area (TPSA) is 34.1 Å². The van der Waals surface area contributed by atoms with E-state index in [2.05, 4.69) is 0 Å². The molecule has 2 nitrogen and oxygen atoms in total. The zero-order valence-corrected chi connectivity index (χ0v) is 11.1. The summed E-state index contributed by atoms with van der Waals surface area (Å²) in [6, 6.07) is 7.79. The summed E-state index contributed by atoms with van der Waals surface area (Å²) >= 11 is 0. The van der Waals surface area contributed by atoms with Gasteiger partial charge >= 0.3 is 6.18 Å². The molecule has 0 N–H and O–H groups in total. The van der Waals surface area contributed by atoms with Crippen molar-refractivity contribution in [2.24, 2.45) is 0 Å². The number of rotatable bonds is 2. The minimum Gasteiger partial charge on any atom is -0.228 e. The van der Waals surface area contributed by atoms with Crippen molar-refractivity contribution in [2.45, 2.75) is 36.6 Å². The van der Waals surface area contributed by atoms with Crippen LogP contribution in [0.15, 0.2) is 30.3 Å². The van der Waals surface area contributed by atoms with Gasteiger partial charge in [-0.1, -0.05) is 36.8 Å². The molecule has 2 rings (SSSR count). The highest BCUT2D eigenvalue weighted by atomic mass is 32.2. The molecule has 0 amide bonds. The van der Waals surface area contributed by atoms with Crippen LogP contribution < -0.4 is 0 Å². The van der Waals surface area contributed by atoms with E-state index in [-0.39, 0.29) is 17.7 Å². The molecule has 0 saturated carbocycles. The average molecular weight is 292 g/mol. The van der Waals surface area contributed by atoms with Crippen molar-refractivity contribution >= 4 is 9.84 Å². The van der Waals surface area contributed by atoms with E-state index in [9.17, 15) is 21.6 Å². The highest BCUT2D eigenvalue weighted by molar-refractivity contribution is 7.92. The third-order valence-electron chi connectivity index (χ3n) is 3.62. The fourth-order valence-corrected chi connectivity index (χ4v) is 5.05. The number of hydrogen-bond donors (Lipinski definition) is 0. The summed E-state index contributed by atoms with van der Waals surface area (Å²) in [4.78, 5) is 0. The maximum Gasteiger partial charge on any atom is 0.390 e. The fourth-order valence-electron chi connectivity index (χ4n) is 2.74. The van der Waals surface area contributed by atoms with E-state index in [1.165, 1.54) is 12.1 Å². The van der Waals surface area contributed by atoms with E-state index in [1.807, 2.05) is 0 Å². The Labute approximate surface area is 110 Å². The predicted octanol–water partition coefficient (Wildman–Crippen LogP) is 3.43. The summed E-state index contributed by atoms with van der Waals surface area (Å²) in [5.41, 5.74) is 0.257. The van der Waals surface area contributed by atoms with Gasteiger partial charge in [-0.3, -0.25) is 0 Å². The molecular weight excluding hydrogens is 277 g/mol. The third-order valence-corrected chi connectivity index (χ3v) is 6.23. The molecule has 1 aliphatic heterocycles. The van der Waals surface area contributed by atoms with Crippen LogP contribution in [0.1, 0.15) is 31.2 Å². The summed E-state index contributed by atoms with van der Waals surface area (Å²) in [7, 11) is -3.79. The van der Waals surface area contributed by atoms with Gasteiger partial charge in [0.1, 0.15) is 4.75 Å². The smallest absolute Gasteiger partial charge is 0.228 e. The normalized spacial score (nSPS) is 27.1. The molecular formula is C13H15F3O2S. The molecule has 0 spiro atoms. The highest BCUT2D eigenvalue weighted by Gasteiger charge is 2.53. The van der Waals surface area contributed by atoms with Crippen molar-refractivity contribution in [3.05, 3.63) is 35.9 Å². The number of sulfone groups is 1. The van der Waals surface area contributed by atoms with Crippen molar-refractivity contribution in [3.8, 4) is 0 Å². The van der Waals surface area contributed by atoms with Gasteiger partial charge < -0.3 is 0 Å². The molecule has 1 unspecified atom stereocenters. The van der Waals surface area contributed by atoms with Crippen molar-refractivity contribution in [1.82, 2.24) is 0 Å². The van der Waals surface area contributed by atoms with Crippen LogP contribution >= 0.6 is 0 Å². The Morgan fingerprint density at radius 3 is 2.26 bits per heavy atom. The van der Waals surface area contributed by atoms with Crippen LogP contribution in [-0.4, -0.2) is 20.3 Å². The van der Waals surface area contributed by atoms with Crippen LogP contribution in [0.3, 0.4) is 0 Å². The lowest BCUT2D eigenvalue weighted by molar-refractivity contribution is -0.142. The molecule has 0 bridgehead atoms. The van der Waals surface area contributed by atoms with Crippen molar-refractivity contribution in [1.29, 1.82) is 0 Å². The van der Waals surface area contributed by atoms with Gasteiger partial charge in [0.15, 0.2) is 9.84 Å². The van der Waals surface area contributed by atoms with Gasteiger partial charge in [-0.05, 0) is 18.4 Å². The Morgan fingerprint density at radius 1 is 1.11 bits per heavy atom. The molecule has 106 valence electrons. The molecule has 1 saturated heterocycles. The van der Waals surface area contributed by atoms with E-state index in [1.54, 1.807) is 18.2 Å². The maximum absolute atomic E-state index is 12.8. The average Bonchev–Trinajstić information content (AvgIpc) is 2.31. The van der Waals surface area contributed by atoms with Crippen LogP contribution in [0.4, 0.5) is 13.2 Å². The van der Waals surface area contributed by atoms with Crippen molar-refractivity contribution in [3.63, 3.8) is 0 Å². The molecule has 0 radical (unpaired) electrons. The Hall–Kier alpha value is -1.04. The minimum atomic E-state index is -4.50. The standard InChI is InChI=1S/C13H15F3O2S/c14-13(15,16)10-12(11-6-2-1-3-7-11)8-4-5-9-19(12,17)18/h1-3,6-7H,4-5,8-10H2. The summed E-state index contributed by atoms with van der Waals surface area (Å²) in [5.74, 6) is -0.169. The first-order chi connectivity index (χ1) is 8.77. The second kappa shape index (κ2) is 4.81. The van der Waals surface area contributed by atoms with Crippen LogP contribution in [0.25, 0.3) is 0 Å². The van der Waals surface area contributed by atoms with Crippen molar-refractivity contribution in [2.75, 3.05) is 5.75 Å². The number of halogens is 3. The van der Waals surface area contributed by atoms with Crippen LogP contribution in [0.2, 0.25) is 0 Å². The molecule has 19 heavy (non-hydrogen) atoms. The van der Waals surface area contributed by atoms with Crippen LogP contribution in [0.5, 0.6) is 0 Å². The zero-order chi connectivity index (χ0) is 14.1. The van der Waals surface area contributed by atoms with Gasteiger partial charge in [0.2, 0.25) is 0 Å². The molecule has 0 aromatic heterocycles. The summed E-state index contributed by atoms with van der Waals surface area (Å²) in [6.45, 7) is 0. The first kappa shape index (κ1) is 14.4. The quantitative estimate of drug-likeness (QED) is 0.837. The third kappa shape index (κ3) is 2.78. The fraction of sp³-hybridized carbons (Fsp3) is 0.538. The van der Waals surface area contributed by atoms with E-state index in [0.717, 1.165) is 0 Å². The first-order valence-corrected chi connectivity index (χ1v) is 7.77. The molecule has 1 aromatic rings. The molecule has 0 aliphatic carbocycles. The van der Waals surface area contributed by atoms with Gasteiger partial charge in [-0.2, -0.15) is 13.2 Å². The second-order valence-corrected chi connectivity index (χ2v) is 7.35. The van der Waals surface area contributed by atoms with Crippen LogP contribution in [-0.2, 0) is 14.6 Å². The maximum atomic E-state index is 12.8. The lowest BCUT2D eigenvalue weighted by atomic mass is 9.89. The van der Waals surface area contributed by atoms with E-state index in [0.29, 0.717) is 12.8 Å². The van der Waals surface area contributed by atoms with Gasteiger partial charge in [0.05, 0.1) is 12.2 Å². The highest BCUT2D eigenvalue weighted by Crippen LogP contribution is 2.47. The Morgan fingerprint density at radius 2 is 1.74 bits per heavy atom. The van der Waals surface area contributed by atoms with Gasteiger partial charge in [-0.25, -0.2) is 8.42 Å². The lowest BCUT2D eigenvalue weighted by Crippen LogP contribution is -2.44. The van der Waals surface area contributed by atoms with E-state index >= 15 is 0 Å². The van der Waals surface area contributed by atoms with Crippen LogP contribution in [0, 0.1) is 0 Å². The SMILES string of the molecule is O=S1(=O)CCCCC1(CC(F)(F)F)c1ccccc1. The molecule has 1 aliphatic rings. The number of hydrogen-bond acceptors (Lipinski definition) is 2. The number of benzene rings is 1. The molecule has 6 heteroatoms. The zero-order valence-electron chi connectivity index (χ0n) is 10.3. The van der Waals surface area contributed by atoms with Gasteiger partial charge in [0.25, 0.3) is 0 Å².